The molecule has 0 aliphatic heterocycles. The quantitative estimate of drug-likeness (QED) is 0.919. The van der Waals surface area contributed by atoms with Crippen LogP contribution in [0.15, 0.2) is 18.3 Å². The van der Waals surface area contributed by atoms with Gasteiger partial charge in [0.05, 0.1) is 22.9 Å². The second-order valence-electron chi connectivity index (χ2n) is 5.19. The van der Waals surface area contributed by atoms with Gasteiger partial charge in [-0.2, -0.15) is 0 Å². The van der Waals surface area contributed by atoms with Gasteiger partial charge in [0, 0.05) is 12.3 Å². The fraction of sp³-hybridized carbons (Fsp3) is 0.400. The van der Waals surface area contributed by atoms with E-state index in [0.717, 1.165) is 15.7 Å². The van der Waals surface area contributed by atoms with E-state index in [1.807, 2.05) is 13.8 Å². The number of rotatable bonds is 5. The molecule has 6 heteroatoms. The lowest BCUT2D eigenvalue weighted by Crippen LogP contribution is -2.12. The van der Waals surface area contributed by atoms with Gasteiger partial charge in [-0.05, 0) is 25.8 Å². The van der Waals surface area contributed by atoms with E-state index in [4.69, 9.17) is 4.74 Å². The summed E-state index contributed by atoms with van der Waals surface area (Å²) in [5, 5.41) is 4.56. The van der Waals surface area contributed by atoms with E-state index in [2.05, 4.69) is 29.1 Å². The number of nitrogens with one attached hydrogen (secondary N) is 1. The van der Waals surface area contributed by atoms with Gasteiger partial charge in [0.15, 0.2) is 0 Å². The van der Waals surface area contributed by atoms with Crippen molar-refractivity contribution in [1.29, 1.82) is 0 Å². The van der Waals surface area contributed by atoms with E-state index in [1.165, 1.54) is 17.5 Å². The average Bonchev–Trinajstić information content (AvgIpc) is 2.75. The molecule has 0 saturated heterocycles. The molecule has 0 bridgehead atoms. The zero-order valence-electron chi connectivity index (χ0n) is 12.6. The lowest BCUT2D eigenvalue weighted by atomic mass is 10.2. The number of carbonyl (C=O) groups excluding carboxylic acids is 1. The normalized spacial score (nSPS) is 10.7. The maximum Gasteiger partial charge on any atom is 0.257 e. The summed E-state index contributed by atoms with van der Waals surface area (Å²) < 4.78 is 5.49. The van der Waals surface area contributed by atoms with Crippen molar-refractivity contribution in [2.24, 2.45) is 5.92 Å². The Morgan fingerprint density at radius 2 is 2.14 bits per heavy atom. The van der Waals surface area contributed by atoms with Gasteiger partial charge in [-0.1, -0.05) is 13.8 Å². The smallest absolute Gasteiger partial charge is 0.257 e. The zero-order valence-corrected chi connectivity index (χ0v) is 13.5. The molecule has 0 fully saturated rings. The number of aromatic nitrogens is 2. The van der Waals surface area contributed by atoms with Gasteiger partial charge in [-0.15, -0.1) is 11.3 Å². The van der Waals surface area contributed by atoms with Gasteiger partial charge in [-0.3, -0.25) is 4.79 Å². The summed E-state index contributed by atoms with van der Waals surface area (Å²) in [6, 6.07) is 3.42. The Bertz CT molecular complexity index is 620. The lowest BCUT2D eigenvalue weighted by Gasteiger charge is -2.08. The summed E-state index contributed by atoms with van der Waals surface area (Å²) in [6.45, 7) is 8.54. The minimum absolute atomic E-state index is 0.190. The molecular formula is C15H19N3O2S. The van der Waals surface area contributed by atoms with Crippen molar-refractivity contribution >= 4 is 22.2 Å². The van der Waals surface area contributed by atoms with E-state index in [0.29, 0.717) is 24.0 Å². The molecular weight excluding hydrogens is 286 g/mol. The van der Waals surface area contributed by atoms with Crippen LogP contribution in [-0.4, -0.2) is 22.5 Å². The highest BCUT2D eigenvalue weighted by molar-refractivity contribution is 7.16. The molecule has 2 heterocycles. The van der Waals surface area contributed by atoms with Crippen LogP contribution in [0.2, 0.25) is 0 Å². The largest absolute Gasteiger partial charge is 0.477 e. The summed E-state index contributed by atoms with van der Waals surface area (Å²) in [7, 11) is 0. The van der Waals surface area contributed by atoms with Crippen LogP contribution in [0.25, 0.3) is 0 Å². The van der Waals surface area contributed by atoms with Crippen LogP contribution in [-0.2, 0) is 0 Å². The number of amides is 1. The monoisotopic (exact) mass is 305 g/mol. The molecule has 0 saturated carbocycles. The van der Waals surface area contributed by atoms with Crippen LogP contribution in [0, 0.1) is 19.8 Å². The van der Waals surface area contributed by atoms with Crippen LogP contribution >= 0.6 is 11.3 Å². The van der Waals surface area contributed by atoms with Gasteiger partial charge in [0.2, 0.25) is 5.88 Å². The molecule has 1 N–H and O–H groups in total. The number of aryl methyl sites for hydroxylation is 2. The number of thiazole rings is 1. The fourth-order valence-electron chi connectivity index (χ4n) is 1.67. The van der Waals surface area contributed by atoms with Crippen molar-refractivity contribution in [1.82, 2.24) is 9.97 Å². The number of ether oxygens (including phenoxy) is 1. The zero-order chi connectivity index (χ0) is 15.4. The number of carbonyl (C=O) groups is 1. The van der Waals surface area contributed by atoms with Crippen molar-refractivity contribution in [2.45, 2.75) is 27.7 Å². The first-order chi connectivity index (χ1) is 9.95. The van der Waals surface area contributed by atoms with Gasteiger partial charge >= 0.3 is 0 Å². The first kappa shape index (κ1) is 15.4. The minimum Gasteiger partial charge on any atom is -0.477 e. The number of anilines is 1. The summed E-state index contributed by atoms with van der Waals surface area (Å²) in [5.41, 5.74) is 1.33. The molecule has 21 heavy (non-hydrogen) atoms. The predicted octanol–water partition coefficient (Wildman–Crippen LogP) is 3.44. The maximum absolute atomic E-state index is 12.1. The number of hydrogen-bond acceptors (Lipinski definition) is 5. The summed E-state index contributed by atoms with van der Waals surface area (Å²) >= 11 is 1.46. The van der Waals surface area contributed by atoms with E-state index < -0.39 is 0 Å². The van der Waals surface area contributed by atoms with Crippen molar-refractivity contribution in [2.75, 3.05) is 11.9 Å². The first-order valence-electron chi connectivity index (χ1n) is 6.80. The van der Waals surface area contributed by atoms with E-state index in [9.17, 15) is 4.79 Å². The SMILES string of the molecule is Cc1nc(C)c(NC(=O)c2ccc(OCC(C)C)nc2)s1. The Kier molecular flexibility index (Phi) is 4.90. The highest BCUT2D eigenvalue weighted by Gasteiger charge is 2.11. The van der Waals surface area contributed by atoms with Crippen molar-refractivity contribution in [3.63, 3.8) is 0 Å². The van der Waals surface area contributed by atoms with E-state index >= 15 is 0 Å². The van der Waals surface area contributed by atoms with Crippen LogP contribution in [0.4, 0.5) is 5.00 Å². The van der Waals surface area contributed by atoms with Gasteiger partial charge < -0.3 is 10.1 Å². The van der Waals surface area contributed by atoms with Gasteiger partial charge in [0.25, 0.3) is 5.91 Å². The molecule has 112 valence electrons. The summed E-state index contributed by atoms with van der Waals surface area (Å²) in [6.07, 6.45) is 1.52. The van der Waals surface area contributed by atoms with E-state index in [-0.39, 0.29) is 5.91 Å². The van der Waals surface area contributed by atoms with Crippen LogP contribution in [0.3, 0.4) is 0 Å². The summed E-state index contributed by atoms with van der Waals surface area (Å²) in [5.74, 6) is 0.780. The number of pyridine rings is 1. The van der Waals surface area contributed by atoms with Crippen molar-refractivity contribution in [3.05, 3.63) is 34.6 Å². The third-order valence-corrected chi connectivity index (χ3v) is 3.68. The Balaban J connectivity index is 2.01. The molecule has 0 spiro atoms. The second kappa shape index (κ2) is 6.67. The molecule has 2 aromatic heterocycles. The molecule has 0 aromatic carbocycles. The molecule has 2 aromatic rings. The van der Waals surface area contributed by atoms with Gasteiger partial charge in [-0.25, -0.2) is 9.97 Å². The standard InChI is InChI=1S/C15H19N3O2S/c1-9(2)8-20-13-6-5-12(7-16-13)14(19)18-15-10(3)17-11(4)21-15/h5-7,9H,8H2,1-4H3,(H,18,19). The van der Waals surface area contributed by atoms with Crippen LogP contribution < -0.4 is 10.1 Å². The molecule has 0 radical (unpaired) electrons. The second-order valence-corrected chi connectivity index (χ2v) is 6.39. The number of nitrogens with zero attached hydrogens (tertiary/aromatic N) is 2. The van der Waals surface area contributed by atoms with Crippen LogP contribution in [0.5, 0.6) is 5.88 Å². The molecule has 5 nitrogen and oxygen atoms in total. The third-order valence-electron chi connectivity index (χ3n) is 2.69. The molecule has 0 atom stereocenters. The molecule has 0 aliphatic carbocycles. The minimum atomic E-state index is -0.190. The summed E-state index contributed by atoms with van der Waals surface area (Å²) in [4.78, 5) is 20.6. The molecule has 2 rings (SSSR count). The maximum atomic E-state index is 12.1. The first-order valence-corrected chi connectivity index (χ1v) is 7.61. The predicted molar refractivity (Wildman–Crippen MR) is 84.1 cm³/mol. The number of hydrogen-bond donors (Lipinski definition) is 1. The Hall–Kier alpha value is -1.95. The Labute approximate surface area is 128 Å². The highest BCUT2D eigenvalue weighted by Crippen LogP contribution is 2.23. The van der Waals surface area contributed by atoms with Crippen molar-refractivity contribution in [3.8, 4) is 5.88 Å². The average molecular weight is 305 g/mol. The molecule has 0 unspecified atom stereocenters. The lowest BCUT2D eigenvalue weighted by molar-refractivity contribution is 0.102. The highest BCUT2D eigenvalue weighted by atomic mass is 32.1. The molecule has 1 amide bonds. The van der Waals surface area contributed by atoms with Crippen molar-refractivity contribution < 1.29 is 9.53 Å². The van der Waals surface area contributed by atoms with Gasteiger partial charge in [0.1, 0.15) is 5.00 Å². The fourth-order valence-corrected chi connectivity index (χ4v) is 2.49. The Morgan fingerprint density at radius 3 is 2.67 bits per heavy atom. The Morgan fingerprint density at radius 1 is 1.38 bits per heavy atom. The third kappa shape index (κ3) is 4.26. The molecule has 0 aliphatic rings. The van der Waals surface area contributed by atoms with Crippen LogP contribution in [0.1, 0.15) is 34.9 Å². The topological polar surface area (TPSA) is 64.1 Å². The van der Waals surface area contributed by atoms with E-state index in [1.54, 1.807) is 12.1 Å².